The molecule has 0 aromatic heterocycles. The maximum atomic E-state index is 10.8. The first-order chi connectivity index (χ1) is 6.60. The number of hydrogen-bond donors (Lipinski definition) is 1. The number of phenols is 1. The molecular weight excluding hydrogens is 208 g/mol. The maximum Gasteiger partial charge on any atom is 0.256 e. The Morgan fingerprint density at radius 2 is 1.79 bits per heavy atom. The lowest BCUT2D eigenvalue weighted by molar-refractivity contribution is 0.107. The Bertz CT molecular complexity index is 362. The van der Waals surface area contributed by atoms with E-state index in [1.807, 2.05) is 0 Å². The van der Waals surface area contributed by atoms with Gasteiger partial charge in [-0.2, -0.15) is 0 Å². The molecule has 0 radical (unpaired) electrons. The molecule has 1 aromatic rings. The van der Waals surface area contributed by atoms with Crippen LogP contribution in [-0.4, -0.2) is 24.6 Å². The standard InChI is InChI=1S/C9H9ClO4/c1-13-7-3-5(9(10)12)6(11)4-8(7)14-2/h3-4,11H,1-2H3. The van der Waals surface area contributed by atoms with Crippen molar-refractivity contribution < 1.29 is 19.4 Å². The first-order valence-electron chi connectivity index (χ1n) is 3.75. The normalized spacial score (nSPS) is 9.64. The number of ether oxygens (including phenoxy) is 2. The van der Waals surface area contributed by atoms with E-state index >= 15 is 0 Å². The summed E-state index contributed by atoms with van der Waals surface area (Å²) in [6.07, 6.45) is 0. The van der Waals surface area contributed by atoms with Crippen molar-refractivity contribution in [2.45, 2.75) is 0 Å². The Hall–Kier alpha value is -1.42. The highest BCUT2D eigenvalue weighted by Crippen LogP contribution is 2.34. The van der Waals surface area contributed by atoms with Crippen LogP contribution in [0.2, 0.25) is 0 Å². The number of phenolic OH excluding ortho intramolecular Hbond substituents is 1. The summed E-state index contributed by atoms with van der Waals surface area (Å²) in [7, 11) is 2.86. The van der Waals surface area contributed by atoms with Crippen molar-refractivity contribution in [3.63, 3.8) is 0 Å². The molecule has 0 amide bonds. The molecule has 14 heavy (non-hydrogen) atoms. The molecule has 0 spiro atoms. The summed E-state index contributed by atoms with van der Waals surface area (Å²) in [5.41, 5.74) is -0.00989. The third-order valence-corrected chi connectivity index (χ3v) is 1.92. The van der Waals surface area contributed by atoms with Gasteiger partial charge in [0.2, 0.25) is 0 Å². The molecule has 5 heteroatoms. The van der Waals surface area contributed by atoms with Gasteiger partial charge in [0.1, 0.15) is 5.75 Å². The van der Waals surface area contributed by atoms with Gasteiger partial charge in [0.25, 0.3) is 5.24 Å². The van der Waals surface area contributed by atoms with Crippen LogP contribution in [0, 0.1) is 0 Å². The van der Waals surface area contributed by atoms with Crippen LogP contribution in [-0.2, 0) is 0 Å². The lowest BCUT2D eigenvalue weighted by Crippen LogP contribution is -1.95. The molecule has 0 heterocycles. The SMILES string of the molecule is COc1cc(O)c(C(=O)Cl)cc1OC. The van der Waals surface area contributed by atoms with Gasteiger partial charge in [0, 0.05) is 6.07 Å². The number of benzene rings is 1. The fourth-order valence-electron chi connectivity index (χ4n) is 1.03. The molecule has 0 aliphatic heterocycles. The number of methoxy groups -OCH3 is 2. The predicted molar refractivity (Wildman–Crippen MR) is 51.4 cm³/mol. The van der Waals surface area contributed by atoms with Crippen LogP contribution in [0.1, 0.15) is 10.4 Å². The van der Waals surface area contributed by atoms with Crippen molar-refractivity contribution in [1.29, 1.82) is 0 Å². The fraction of sp³-hybridized carbons (Fsp3) is 0.222. The highest BCUT2D eigenvalue weighted by Gasteiger charge is 2.14. The van der Waals surface area contributed by atoms with E-state index in [9.17, 15) is 9.90 Å². The number of aromatic hydroxyl groups is 1. The summed E-state index contributed by atoms with van der Waals surface area (Å²) in [4.78, 5) is 10.8. The van der Waals surface area contributed by atoms with Crippen LogP contribution >= 0.6 is 11.6 Å². The van der Waals surface area contributed by atoms with Crippen molar-refractivity contribution >= 4 is 16.8 Å². The largest absolute Gasteiger partial charge is 0.507 e. The Balaban J connectivity index is 3.30. The second-order valence-electron chi connectivity index (χ2n) is 2.50. The Labute approximate surface area is 86.0 Å². The van der Waals surface area contributed by atoms with Gasteiger partial charge >= 0.3 is 0 Å². The van der Waals surface area contributed by atoms with Crippen molar-refractivity contribution in [1.82, 2.24) is 0 Å². The van der Waals surface area contributed by atoms with Crippen molar-refractivity contribution in [2.75, 3.05) is 14.2 Å². The average molecular weight is 217 g/mol. The lowest BCUT2D eigenvalue weighted by atomic mass is 10.2. The van der Waals surface area contributed by atoms with Crippen LogP contribution in [0.4, 0.5) is 0 Å². The minimum Gasteiger partial charge on any atom is -0.507 e. The van der Waals surface area contributed by atoms with Crippen molar-refractivity contribution in [3.8, 4) is 17.2 Å². The molecule has 0 fully saturated rings. The minimum atomic E-state index is -0.747. The molecule has 0 aliphatic carbocycles. The summed E-state index contributed by atoms with van der Waals surface area (Å²) in [6.45, 7) is 0. The van der Waals surface area contributed by atoms with E-state index in [0.717, 1.165) is 0 Å². The highest BCUT2D eigenvalue weighted by molar-refractivity contribution is 6.68. The number of carbonyl (C=O) groups is 1. The van der Waals surface area contributed by atoms with E-state index in [1.165, 1.54) is 26.4 Å². The zero-order valence-corrected chi connectivity index (χ0v) is 8.46. The quantitative estimate of drug-likeness (QED) is 0.783. The third kappa shape index (κ3) is 1.90. The van der Waals surface area contributed by atoms with E-state index in [1.54, 1.807) is 0 Å². The Morgan fingerprint density at radius 3 is 2.21 bits per heavy atom. The Morgan fingerprint density at radius 1 is 1.29 bits per heavy atom. The van der Waals surface area contributed by atoms with Gasteiger partial charge in [-0.25, -0.2) is 0 Å². The molecule has 0 saturated heterocycles. The van der Waals surface area contributed by atoms with Crippen molar-refractivity contribution in [3.05, 3.63) is 17.7 Å². The number of rotatable bonds is 3. The second-order valence-corrected chi connectivity index (χ2v) is 2.84. The molecule has 1 rings (SSSR count). The first kappa shape index (κ1) is 10.7. The predicted octanol–water partition coefficient (Wildman–Crippen LogP) is 1.79. The topological polar surface area (TPSA) is 55.8 Å². The molecule has 0 saturated carbocycles. The zero-order chi connectivity index (χ0) is 10.7. The summed E-state index contributed by atoms with van der Waals surface area (Å²) in [5, 5.41) is 8.63. The lowest BCUT2D eigenvalue weighted by Gasteiger charge is -2.09. The fourth-order valence-corrected chi connectivity index (χ4v) is 1.18. The summed E-state index contributed by atoms with van der Waals surface area (Å²) in [6, 6.07) is 2.60. The van der Waals surface area contributed by atoms with Crippen LogP contribution in [0.15, 0.2) is 12.1 Å². The van der Waals surface area contributed by atoms with Crippen LogP contribution in [0.3, 0.4) is 0 Å². The van der Waals surface area contributed by atoms with Gasteiger partial charge < -0.3 is 14.6 Å². The maximum absolute atomic E-state index is 10.8. The van der Waals surface area contributed by atoms with Crippen molar-refractivity contribution in [2.24, 2.45) is 0 Å². The molecular formula is C9H9ClO4. The minimum absolute atomic E-state index is 0.00989. The monoisotopic (exact) mass is 216 g/mol. The number of carbonyl (C=O) groups excluding carboxylic acids is 1. The molecule has 4 nitrogen and oxygen atoms in total. The van der Waals surface area contributed by atoms with E-state index in [2.05, 4.69) is 0 Å². The molecule has 0 aliphatic rings. The van der Waals surface area contributed by atoms with Crippen LogP contribution in [0.25, 0.3) is 0 Å². The van der Waals surface area contributed by atoms with E-state index < -0.39 is 5.24 Å². The molecule has 0 bridgehead atoms. The Kier molecular flexibility index (Phi) is 3.19. The first-order valence-corrected chi connectivity index (χ1v) is 4.12. The molecule has 1 aromatic carbocycles. The molecule has 76 valence electrons. The van der Waals surface area contributed by atoms with Gasteiger partial charge in [0.15, 0.2) is 11.5 Å². The van der Waals surface area contributed by atoms with Crippen LogP contribution < -0.4 is 9.47 Å². The number of halogens is 1. The molecule has 1 N–H and O–H groups in total. The molecule has 0 atom stereocenters. The summed E-state index contributed by atoms with van der Waals surface area (Å²) < 4.78 is 9.85. The van der Waals surface area contributed by atoms with E-state index in [0.29, 0.717) is 11.5 Å². The summed E-state index contributed by atoms with van der Waals surface area (Å²) in [5.74, 6) is 0.448. The zero-order valence-electron chi connectivity index (χ0n) is 7.70. The third-order valence-electron chi connectivity index (χ3n) is 1.71. The van der Waals surface area contributed by atoms with Crippen LogP contribution in [0.5, 0.6) is 17.2 Å². The van der Waals surface area contributed by atoms with Gasteiger partial charge in [-0.05, 0) is 17.7 Å². The molecule has 0 unspecified atom stereocenters. The second kappa shape index (κ2) is 4.19. The average Bonchev–Trinajstić information content (AvgIpc) is 2.16. The smallest absolute Gasteiger partial charge is 0.256 e. The highest BCUT2D eigenvalue weighted by atomic mass is 35.5. The van der Waals surface area contributed by atoms with E-state index in [4.69, 9.17) is 21.1 Å². The van der Waals surface area contributed by atoms with Gasteiger partial charge in [-0.15, -0.1) is 0 Å². The number of hydrogen-bond acceptors (Lipinski definition) is 4. The van der Waals surface area contributed by atoms with Gasteiger partial charge in [0.05, 0.1) is 19.8 Å². The van der Waals surface area contributed by atoms with Gasteiger partial charge in [-0.1, -0.05) is 0 Å². The summed E-state index contributed by atoms with van der Waals surface area (Å²) >= 11 is 5.24. The van der Waals surface area contributed by atoms with Gasteiger partial charge in [-0.3, -0.25) is 4.79 Å². The van der Waals surface area contributed by atoms with E-state index in [-0.39, 0.29) is 11.3 Å².